The number of halogens is 3. The van der Waals surface area contributed by atoms with Crippen molar-refractivity contribution in [2.45, 2.75) is 6.42 Å². The molecule has 0 aliphatic heterocycles. The topological polar surface area (TPSA) is 109 Å². The lowest BCUT2D eigenvalue weighted by atomic mass is 10.1. The van der Waals surface area contributed by atoms with Gasteiger partial charge in [0.05, 0.1) is 16.5 Å². The molecule has 2 rings (SSSR count). The zero-order chi connectivity index (χ0) is 15.7. The number of aromatic nitrogens is 2. The normalized spacial score (nSPS) is 10.6. The van der Waals surface area contributed by atoms with Gasteiger partial charge >= 0.3 is 5.97 Å². The summed E-state index contributed by atoms with van der Waals surface area (Å²) < 4.78 is 26.3. The van der Waals surface area contributed by atoms with Crippen molar-refractivity contribution in [2.75, 3.05) is 5.73 Å². The first-order chi connectivity index (χ1) is 9.81. The highest BCUT2D eigenvalue weighted by atomic mass is 79.9. The maximum atomic E-state index is 13.5. The van der Waals surface area contributed by atoms with Crippen LogP contribution in [0.4, 0.5) is 14.6 Å². The summed E-state index contributed by atoms with van der Waals surface area (Å²) >= 11 is 2.86. The first-order valence-electron chi connectivity index (χ1n) is 5.55. The third-order valence-electron chi connectivity index (χ3n) is 2.67. The van der Waals surface area contributed by atoms with E-state index in [1.54, 1.807) is 0 Å². The Morgan fingerprint density at radius 1 is 1.43 bits per heavy atom. The second-order valence-corrected chi connectivity index (χ2v) is 4.86. The van der Waals surface area contributed by atoms with E-state index < -0.39 is 29.6 Å². The van der Waals surface area contributed by atoms with Crippen molar-refractivity contribution in [3.8, 4) is 11.4 Å². The fourth-order valence-electron chi connectivity index (χ4n) is 1.67. The van der Waals surface area contributed by atoms with Gasteiger partial charge in [0.15, 0.2) is 11.6 Å². The summed E-state index contributed by atoms with van der Waals surface area (Å²) in [4.78, 5) is 28.6. The molecule has 6 nitrogen and oxygen atoms in total. The van der Waals surface area contributed by atoms with E-state index in [-0.39, 0.29) is 27.2 Å². The Morgan fingerprint density at radius 3 is 2.67 bits per heavy atom. The van der Waals surface area contributed by atoms with Crippen molar-refractivity contribution < 1.29 is 18.7 Å². The molecule has 0 saturated heterocycles. The van der Waals surface area contributed by atoms with Gasteiger partial charge in [-0.1, -0.05) is 0 Å². The number of H-pyrrole nitrogens is 1. The molecule has 0 amide bonds. The molecule has 110 valence electrons. The molecule has 1 aromatic heterocycles. The van der Waals surface area contributed by atoms with Crippen molar-refractivity contribution in [3.63, 3.8) is 0 Å². The lowest BCUT2D eigenvalue weighted by Gasteiger charge is -2.08. The van der Waals surface area contributed by atoms with Crippen LogP contribution in [0, 0.1) is 11.6 Å². The minimum absolute atomic E-state index is 0.0829. The first-order valence-corrected chi connectivity index (χ1v) is 6.35. The standard InChI is InChI=1S/C12H8BrF2N3O3/c13-8-4(1-2-6(14)9(8)15)11-17-10(16)5(3-7(19)20)12(21)18-11/h1-2H,3H2,(H,19,20)(H3,16,17,18,21). The molecule has 0 unspecified atom stereocenters. The molecule has 4 N–H and O–H groups in total. The van der Waals surface area contributed by atoms with Gasteiger partial charge in [-0.2, -0.15) is 0 Å². The number of rotatable bonds is 3. The van der Waals surface area contributed by atoms with E-state index in [0.29, 0.717) is 0 Å². The number of hydrogen-bond acceptors (Lipinski definition) is 4. The van der Waals surface area contributed by atoms with E-state index in [0.717, 1.165) is 6.07 Å². The lowest BCUT2D eigenvalue weighted by Crippen LogP contribution is -2.21. The molecule has 1 heterocycles. The maximum Gasteiger partial charge on any atom is 0.308 e. The SMILES string of the molecule is Nc1nc(-c2ccc(F)c(F)c2Br)[nH]c(=O)c1CC(=O)O. The predicted molar refractivity (Wildman–Crippen MR) is 73.7 cm³/mol. The minimum Gasteiger partial charge on any atom is -0.481 e. The third-order valence-corrected chi connectivity index (χ3v) is 3.44. The number of nitrogens with two attached hydrogens (primary N) is 1. The van der Waals surface area contributed by atoms with Crippen LogP contribution in [0.5, 0.6) is 0 Å². The highest BCUT2D eigenvalue weighted by Crippen LogP contribution is 2.29. The number of hydrogen-bond donors (Lipinski definition) is 3. The summed E-state index contributed by atoms with van der Waals surface area (Å²) in [5.74, 6) is -3.83. The number of aromatic amines is 1. The Morgan fingerprint density at radius 2 is 2.10 bits per heavy atom. The van der Waals surface area contributed by atoms with Crippen LogP contribution in [0.25, 0.3) is 11.4 Å². The second-order valence-electron chi connectivity index (χ2n) is 4.07. The van der Waals surface area contributed by atoms with Crippen LogP contribution < -0.4 is 11.3 Å². The van der Waals surface area contributed by atoms with Crippen LogP contribution >= 0.6 is 15.9 Å². The molecular formula is C12H8BrF2N3O3. The van der Waals surface area contributed by atoms with Gasteiger partial charge < -0.3 is 15.8 Å². The number of benzene rings is 1. The van der Waals surface area contributed by atoms with Crippen LogP contribution in [0.15, 0.2) is 21.4 Å². The smallest absolute Gasteiger partial charge is 0.308 e. The molecular weight excluding hydrogens is 352 g/mol. The van der Waals surface area contributed by atoms with E-state index in [1.807, 2.05) is 0 Å². The molecule has 0 atom stereocenters. The number of nitrogens with zero attached hydrogens (tertiary/aromatic N) is 1. The molecule has 0 aliphatic carbocycles. The van der Waals surface area contributed by atoms with Crippen molar-refractivity contribution in [1.82, 2.24) is 9.97 Å². The summed E-state index contributed by atoms with van der Waals surface area (Å²) in [6.07, 6.45) is -0.590. The molecule has 0 saturated carbocycles. The van der Waals surface area contributed by atoms with E-state index in [9.17, 15) is 18.4 Å². The van der Waals surface area contributed by atoms with E-state index in [4.69, 9.17) is 10.8 Å². The lowest BCUT2D eigenvalue weighted by molar-refractivity contribution is -0.136. The highest BCUT2D eigenvalue weighted by Gasteiger charge is 2.17. The van der Waals surface area contributed by atoms with E-state index in [1.165, 1.54) is 6.07 Å². The van der Waals surface area contributed by atoms with Gasteiger partial charge in [0.2, 0.25) is 0 Å². The van der Waals surface area contributed by atoms with Gasteiger partial charge in [0, 0.05) is 5.56 Å². The Labute approximate surface area is 124 Å². The molecule has 0 spiro atoms. The second kappa shape index (κ2) is 5.60. The van der Waals surface area contributed by atoms with E-state index in [2.05, 4.69) is 25.9 Å². The molecule has 21 heavy (non-hydrogen) atoms. The van der Waals surface area contributed by atoms with Gasteiger partial charge in [-0.15, -0.1) is 0 Å². The molecule has 0 radical (unpaired) electrons. The number of carboxylic acid groups (broad SMARTS) is 1. The number of carbonyl (C=O) groups is 1. The Kier molecular flexibility index (Phi) is 4.03. The molecule has 0 bridgehead atoms. The molecule has 9 heteroatoms. The highest BCUT2D eigenvalue weighted by molar-refractivity contribution is 9.10. The number of nitrogens with one attached hydrogen (secondary N) is 1. The molecule has 0 aliphatic rings. The van der Waals surface area contributed by atoms with Gasteiger partial charge in [0.1, 0.15) is 11.6 Å². The predicted octanol–water partition coefficient (Wildman–Crippen LogP) is 1.69. The number of carboxylic acids is 1. The van der Waals surface area contributed by atoms with Gasteiger partial charge in [-0.3, -0.25) is 9.59 Å². The Hall–Kier alpha value is -2.29. The van der Waals surface area contributed by atoms with E-state index >= 15 is 0 Å². The summed E-state index contributed by atoms with van der Waals surface area (Å²) in [5.41, 5.74) is 4.67. The average molecular weight is 360 g/mol. The number of anilines is 1. The van der Waals surface area contributed by atoms with Crippen molar-refractivity contribution in [2.24, 2.45) is 0 Å². The monoisotopic (exact) mass is 359 g/mol. The van der Waals surface area contributed by atoms with Crippen LogP contribution in [-0.4, -0.2) is 21.0 Å². The average Bonchev–Trinajstić information content (AvgIpc) is 2.40. The molecule has 0 fully saturated rings. The molecule has 2 aromatic rings. The van der Waals surface area contributed by atoms with Crippen molar-refractivity contribution >= 4 is 27.7 Å². The van der Waals surface area contributed by atoms with Crippen LogP contribution in [0.2, 0.25) is 0 Å². The van der Waals surface area contributed by atoms with Crippen LogP contribution in [0.3, 0.4) is 0 Å². The fraction of sp³-hybridized carbons (Fsp3) is 0.0833. The quantitative estimate of drug-likeness (QED) is 0.722. The van der Waals surface area contributed by atoms with Crippen LogP contribution in [-0.2, 0) is 11.2 Å². The number of aliphatic carboxylic acids is 1. The Balaban J connectivity index is 2.60. The fourth-order valence-corrected chi connectivity index (χ4v) is 2.18. The summed E-state index contributed by atoms with van der Waals surface area (Å²) in [6.45, 7) is 0. The number of nitrogen functional groups attached to an aromatic ring is 1. The zero-order valence-electron chi connectivity index (χ0n) is 10.3. The summed E-state index contributed by atoms with van der Waals surface area (Å²) in [5, 5.41) is 8.68. The molecule has 1 aromatic carbocycles. The summed E-state index contributed by atoms with van der Waals surface area (Å²) in [6, 6.07) is 2.08. The van der Waals surface area contributed by atoms with Gasteiger partial charge in [0.25, 0.3) is 5.56 Å². The van der Waals surface area contributed by atoms with Crippen molar-refractivity contribution in [3.05, 3.63) is 44.2 Å². The Bertz CT molecular complexity index is 792. The largest absolute Gasteiger partial charge is 0.481 e. The van der Waals surface area contributed by atoms with Gasteiger partial charge in [-0.25, -0.2) is 13.8 Å². The summed E-state index contributed by atoms with van der Waals surface area (Å²) in [7, 11) is 0. The minimum atomic E-state index is -1.24. The maximum absolute atomic E-state index is 13.5. The first kappa shape index (κ1) is 15.1. The third kappa shape index (κ3) is 2.92. The zero-order valence-corrected chi connectivity index (χ0v) is 11.9. The van der Waals surface area contributed by atoms with Crippen molar-refractivity contribution in [1.29, 1.82) is 0 Å². The van der Waals surface area contributed by atoms with Crippen LogP contribution in [0.1, 0.15) is 5.56 Å². The van der Waals surface area contributed by atoms with Gasteiger partial charge in [-0.05, 0) is 28.1 Å².